The molecule has 1 N–H and O–H groups in total. The van der Waals surface area contributed by atoms with Gasteiger partial charge in [-0.1, -0.05) is 19.1 Å². The van der Waals surface area contributed by atoms with Crippen LogP contribution in [0.25, 0.3) is 0 Å². The molecule has 1 rings (SSSR count). The number of carboxylic acid groups (broad SMARTS) is 1. The fourth-order valence-corrected chi connectivity index (χ4v) is 3.14. The van der Waals surface area contributed by atoms with Crippen molar-refractivity contribution < 1.29 is 27.9 Å². The van der Waals surface area contributed by atoms with Crippen molar-refractivity contribution in [1.29, 1.82) is 0 Å². The van der Waals surface area contributed by atoms with Crippen LogP contribution in [0.4, 0.5) is 0 Å². The maximum atomic E-state index is 12.5. The van der Waals surface area contributed by atoms with Crippen LogP contribution in [-0.4, -0.2) is 50.5 Å². The first-order chi connectivity index (χ1) is 9.71. The molecule has 0 fully saturated rings. The van der Waals surface area contributed by atoms with Crippen LogP contribution in [0.15, 0.2) is 29.2 Å². The number of nitrogens with zero attached hydrogens (tertiary/aromatic N) is 1. The molecule has 1 aromatic carbocycles. The van der Waals surface area contributed by atoms with E-state index in [1.165, 1.54) is 38.2 Å². The van der Waals surface area contributed by atoms with Crippen molar-refractivity contribution in [3.05, 3.63) is 29.8 Å². The molecule has 8 heteroatoms. The Morgan fingerprint density at radius 3 is 2.43 bits per heavy atom. The summed E-state index contributed by atoms with van der Waals surface area (Å²) in [5, 5.41) is 8.85. The molecule has 0 bridgehead atoms. The molecule has 1 atom stereocenters. The van der Waals surface area contributed by atoms with E-state index in [1.807, 2.05) is 0 Å². The van der Waals surface area contributed by atoms with E-state index < -0.39 is 27.9 Å². The highest BCUT2D eigenvalue weighted by molar-refractivity contribution is 7.89. The third-order valence-electron chi connectivity index (χ3n) is 2.93. The molecule has 0 aliphatic rings. The summed E-state index contributed by atoms with van der Waals surface area (Å²) in [4.78, 5) is 22.2. The summed E-state index contributed by atoms with van der Waals surface area (Å²) in [7, 11) is -1.56. The number of hydrogen-bond donors (Lipinski definition) is 1. The lowest BCUT2D eigenvalue weighted by atomic mass is 10.2. The van der Waals surface area contributed by atoms with E-state index in [2.05, 4.69) is 4.74 Å². The highest BCUT2D eigenvalue weighted by Crippen LogP contribution is 2.20. The Hall–Kier alpha value is -1.93. The van der Waals surface area contributed by atoms with Gasteiger partial charge in [0.1, 0.15) is 0 Å². The number of esters is 1. The van der Waals surface area contributed by atoms with E-state index >= 15 is 0 Å². The number of rotatable bonds is 6. The van der Waals surface area contributed by atoms with Crippen LogP contribution in [0.5, 0.6) is 0 Å². The van der Waals surface area contributed by atoms with Gasteiger partial charge in [0.2, 0.25) is 10.0 Å². The van der Waals surface area contributed by atoms with Gasteiger partial charge < -0.3 is 9.84 Å². The SMILES string of the molecule is COC(=O)c1ccccc1S(=O)(=O)N(C)CC(C)C(=O)O. The van der Waals surface area contributed by atoms with Crippen molar-refractivity contribution in [2.24, 2.45) is 5.92 Å². The van der Waals surface area contributed by atoms with Crippen molar-refractivity contribution in [1.82, 2.24) is 4.31 Å². The summed E-state index contributed by atoms with van der Waals surface area (Å²) in [6.07, 6.45) is 0. The monoisotopic (exact) mass is 315 g/mol. The van der Waals surface area contributed by atoms with E-state index in [9.17, 15) is 18.0 Å². The highest BCUT2D eigenvalue weighted by Gasteiger charge is 2.28. The van der Waals surface area contributed by atoms with E-state index in [0.717, 1.165) is 11.4 Å². The molecule has 0 aliphatic carbocycles. The average molecular weight is 315 g/mol. The zero-order chi connectivity index (χ0) is 16.2. The van der Waals surface area contributed by atoms with Gasteiger partial charge in [0.05, 0.1) is 23.5 Å². The van der Waals surface area contributed by atoms with Gasteiger partial charge in [0, 0.05) is 13.6 Å². The normalized spacial score (nSPS) is 13.0. The van der Waals surface area contributed by atoms with E-state index in [-0.39, 0.29) is 17.0 Å². The Labute approximate surface area is 123 Å². The standard InChI is InChI=1S/C13H17NO6S/c1-9(12(15)16)8-14(2)21(18,19)11-7-5-4-6-10(11)13(17)20-3/h4-7,9H,8H2,1-3H3,(H,15,16). The number of methoxy groups -OCH3 is 1. The van der Waals surface area contributed by atoms with Gasteiger partial charge in [0.25, 0.3) is 0 Å². The number of aliphatic carboxylic acids is 1. The minimum Gasteiger partial charge on any atom is -0.481 e. The van der Waals surface area contributed by atoms with Gasteiger partial charge in [-0.3, -0.25) is 4.79 Å². The van der Waals surface area contributed by atoms with Crippen molar-refractivity contribution in [2.45, 2.75) is 11.8 Å². The number of ether oxygens (including phenoxy) is 1. The molecular weight excluding hydrogens is 298 g/mol. The first-order valence-electron chi connectivity index (χ1n) is 6.08. The summed E-state index contributed by atoms with van der Waals surface area (Å²) < 4.78 is 30.4. The number of sulfonamides is 1. The maximum absolute atomic E-state index is 12.5. The minimum absolute atomic E-state index is 0.0881. The lowest BCUT2D eigenvalue weighted by molar-refractivity contribution is -0.141. The number of benzene rings is 1. The predicted octanol–water partition coefficient (Wildman–Crippen LogP) is 0.814. The summed E-state index contributed by atoms with van der Waals surface area (Å²) in [6.45, 7) is 1.20. The van der Waals surface area contributed by atoms with Crippen LogP contribution in [0.2, 0.25) is 0 Å². The van der Waals surface area contributed by atoms with E-state index in [4.69, 9.17) is 5.11 Å². The Morgan fingerprint density at radius 1 is 1.33 bits per heavy atom. The van der Waals surface area contributed by atoms with Crippen molar-refractivity contribution >= 4 is 22.0 Å². The van der Waals surface area contributed by atoms with E-state index in [1.54, 1.807) is 0 Å². The lowest BCUT2D eigenvalue weighted by Crippen LogP contribution is -2.34. The zero-order valence-corrected chi connectivity index (χ0v) is 12.8. The van der Waals surface area contributed by atoms with Crippen molar-refractivity contribution in [3.8, 4) is 0 Å². The average Bonchev–Trinajstić information content (AvgIpc) is 2.46. The van der Waals surface area contributed by atoms with E-state index in [0.29, 0.717) is 0 Å². The molecule has 0 saturated heterocycles. The topological polar surface area (TPSA) is 101 Å². The molecule has 0 amide bonds. The second-order valence-electron chi connectivity index (χ2n) is 4.51. The second kappa shape index (κ2) is 6.68. The molecule has 116 valence electrons. The molecule has 21 heavy (non-hydrogen) atoms. The molecule has 0 spiro atoms. The van der Waals surface area contributed by atoms with Gasteiger partial charge in [-0.2, -0.15) is 0 Å². The summed E-state index contributed by atoms with van der Waals surface area (Å²) in [5.41, 5.74) is -0.0881. The Morgan fingerprint density at radius 2 is 1.90 bits per heavy atom. The smallest absolute Gasteiger partial charge is 0.339 e. The number of carbonyl (C=O) groups is 2. The first-order valence-corrected chi connectivity index (χ1v) is 7.52. The van der Waals surface area contributed by atoms with Crippen molar-refractivity contribution in [2.75, 3.05) is 20.7 Å². The van der Waals surface area contributed by atoms with Crippen LogP contribution in [0.3, 0.4) is 0 Å². The molecule has 0 radical (unpaired) electrons. The number of hydrogen-bond acceptors (Lipinski definition) is 5. The van der Waals surface area contributed by atoms with Crippen LogP contribution >= 0.6 is 0 Å². The predicted molar refractivity (Wildman–Crippen MR) is 74.4 cm³/mol. The quantitative estimate of drug-likeness (QED) is 0.780. The van der Waals surface area contributed by atoms with Crippen molar-refractivity contribution in [3.63, 3.8) is 0 Å². The Kier molecular flexibility index (Phi) is 5.45. The zero-order valence-electron chi connectivity index (χ0n) is 11.9. The molecular formula is C13H17NO6S. The molecule has 0 heterocycles. The van der Waals surface area contributed by atoms with Crippen LogP contribution in [0, 0.1) is 5.92 Å². The van der Waals surface area contributed by atoms with Gasteiger partial charge in [-0.05, 0) is 12.1 Å². The highest BCUT2D eigenvalue weighted by atomic mass is 32.2. The number of carboxylic acids is 1. The van der Waals surface area contributed by atoms with Crippen LogP contribution in [0.1, 0.15) is 17.3 Å². The molecule has 0 aromatic heterocycles. The molecule has 7 nitrogen and oxygen atoms in total. The summed E-state index contributed by atoms with van der Waals surface area (Å²) >= 11 is 0. The van der Waals surface area contributed by atoms with Gasteiger partial charge in [-0.25, -0.2) is 17.5 Å². The van der Waals surface area contributed by atoms with Gasteiger partial charge in [-0.15, -0.1) is 0 Å². The molecule has 1 unspecified atom stereocenters. The summed E-state index contributed by atoms with van der Waals surface area (Å²) in [6, 6.07) is 5.62. The lowest BCUT2D eigenvalue weighted by Gasteiger charge is -2.20. The molecule has 1 aromatic rings. The largest absolute Gasteiger partial charge is 0.481 e. The van der Waals surface area contributed by atoms with Crippen LogP contribution < -0.4 is 0 Å². The third-order valence-corrected chi connectivity index (χ3v) is 4.81. The summed E-state index contributed by atoms with van der Waals surface area (Å²) in [5.74, 6) is -2.73. The Balaban J connectivity index is 3.19. The van der Waals surface area contributed by atoms with Gasteiger partial charge >= 0.3 is 11.9 Å². The third kappa shape index (κ3) is 3.79. The fourth-order valence-electron chi connectivity index (χ4n) is 1.70. The maximum Gasteiger partial charge on any atom is 0.339 e. The molecule has 0 aliphatic heterocycles. The Bertz CT molecular complexity index is 640. The number of carbonyl (C=O) groups excluding carboxylic acids is 1. The molecule has 0 saturated carbocycles. The van der Waals surface area contributed by atoms with Gasteiger partial charge in [0.15, 0.2) is 0 Å². The minimum atomic E-state index is -3.98. The van der Waals surface area contributed by atoms with Crippen LogP contribution in [-0.2, 0) is 19.6 Å². The first kappa shape index (κ1) is 17.1. The second-order valence-corrected chi connectivity index (χ2v) is 6.53. The fraction of sp³-hybridized carbons (Fsp3) is 0.385.